The lowest BCUT2D eigenvalue weighted by atomic mass is 10.0. The number of likely N-dealkylation sites (N-methyl/N-ethyl adjacent to an activating group) is 1. The van der Waals surface area contributed by atoms with E-state index in [9.17, 15) is 0 Å². The van der Waals surface area contributed by atoms with E-state index in [0.717, 1.165) is 6.54 Å². The van der Waals surface area contributed by atoms with Crippen LogP contribution in [0.25, 0.3) is 0 Å². The van der Waals surface area contributed by atoms with Crippen molar-refractivity contribution in [3.8, 4) is 6.07 Å². The highest BCUT2D eigenvalue weighted by atomic mass is 32.1. The molecule has 0 spiro atoms. The highest BCUT2D eigenvalue weighted by Crippen LogP contribution is 2.24. The Kier molecular flexibility index (Phi) is 4.76. The first-order valence-electron chi connectivity index (χ1n) is 5.01. The third kappa shape index (κ3) is 3.31. The third-order valence-corrected chi connectivity index (χ3v) is 3.14. The Hall–Kier alpha value is -0.890. The van der Waals surface area contributed by atoms with Crippen molar-refractivity contribution in [2.45, 2.75) is 25.4 Å². The molecule has 4 heteroatoms. The Balaban J connectivity index is 2.71. The molecule has 1 heterocycles. The molecule has 2 unspecified atom stereocenters. The standard InChI is InChI=1S/C11H17N3S/c1-9(13)11(10-4-7-15-8-10)14(2)6-3-5-12/h4,7-9,11H,3,6,13H2,1-2H3. The van der Waals surface area contributed by atoms with Gasteiger partial charge in [-0.3, -0.25) is 4.90 Å². The van der Waals surface area contributed by atoms with Gasteiger partial charge in [0.15, 0.2) is 0 Å². The van der Waals surface area contributed by atoms with Gasteiger partial charge in [-0.15, -0.1) is 0 Å². The van der Waals surface area contributed by atoms with Gasteiger partial charge in [-0.25, -0.2) is 0 Å². The van der Waals surface area contributed by atoms with Crippen molar-refractivity contribution in [3.63, 3.8) is 0 Å². The van der Waals surface area contributed by atoms with Crippen LogP contribution in [0, 0.1) is 11.3 Å². The van der Waals surface area contributed by atoms with Crippen LogP contribution in [-0.4, -0.2) is 24.5 Å². The maximum atomic E-state index is 8.56. The SMILES string of the molecule is CC(N)C(c1ccsc1)N(C)CCC#N. The van der Waals surface area contributed by atoms with Gasteiger partial charge in [0.05, 0.1) is 12.1 Å². The quantitative estimate of drug-likeness (QED) is 0.830. The van der Waals surface area contributed by atoms with Gasteiger partial charge >= 0.3 is 0 Å². The van der Waals surface area contributed by atoms with Gasteiger partial charge in [0.1, 0.15) is 0 Å². The molecule has 3 nitrogen and oxygen atoms in total. The van der Waals surface area contributed by atoms with Crippen molar-refractivity contribution >= 4 is 11.3 Å². The van der Waals surface area contributed by atoms with Crippen molar-refractivity contribution in [3.05, 3.63) is 22.4 Å². The average Bonchev–Trinajstić information content (AvgIpc) is 2.67. The molecule has 0 aliphatic heterocycles. The van der Waals surface area contributed by atoms with E-state index in [4.69, 9.17) is 11.0 Å². The Morgan fingerprint density at radius 3 is 2.87 bits per heavy atom. The van der Waals surface area contributed by atoms with E-state index in [1.54, 1.807) is 11.3 Å². The summed E-state index contributed by atoms with van der Waals surface area (Å²) in [5, 5.41) is 12.7. The minimum absolute atomic E-state index is 0.0725. The summed E-state index contributed by atoms with van der Waals surface area (Å²) in [7, 11) is 2.02. The Morgan fingerprint density at radius 1 is 1.67 bits per heavy atom. The topological polar surface area (TPSA) is 53.0 Å². The molecule has 0 saturated heterocycles. The monoisotopic (exact) mass is 223 g/mol. The number of nitriles is 1. The van der Waals surface area contributed by atoms with E-state index in [0.29, 0.717) is 6.42 Å². The zero-order chi connectivity index (χ0) is 11.3. The van der Waals surface area contributed by atoms with Crippen molar-refractivity contribution in [2.24, 2.45) is 5.73 Å². The number of rotatable bonds is 5. The van der Waals surface area contributed by atoms with Crippen LogP contribution < -0.4 is 5.73 Å². The molecule has 0 aliphatic rings. The van der Waals surface area contributed by atoms with Crippen LogP contribution in [0.3, 0.4) is 0 Å². The van der Waals surface area contributed by atoms with Crippen molar-refractivity contribution in [2.75, 3.05) is 13.6 Å². The molecule has 0 aromatic carbocycles. The van der Waals surface area contributed by atoms with Crippen molar-refractivity contribution < 1.29 is 0 Å². The van der Waals surface area contributed by atoms with Crippen LogP contribution in [0.4, 0.5) is 0 Å². The molecule has 15 heavy (non-hydrogen) atoms. The first-order valence-corrected chi connectivity index (χ1v) is 5.96. The molecule has 1 aromatic heterocycles. The zero-order valence-corrected chi connectivity index (χ0v) is 10.00. The highest BCUT2D eigenvalue weighted by Gasteiger charge is 2.20. The summed E-state index contributed by atoms with van der Waals surface area (Å²) in [5.41, 5.74) is 7.23. The maximum absolute atomic E-state index is 8.56. The summed E-state index contributed by atoms with van der Waals surface area (Å²) >= 11 is 1.68. The fourth-order valence-corrected chi connectivity index (χ4v) is 2.46. The summed E-state index contributed by atoms with van der Waals surface area (Å²) < 4.78 is 0. The first-order chi connectivity index (χ1) is 7.16. The largest absolute Gasteiger partial charge is 0.326 e. The summed E-state index contributed by atoms with van der Waals surface area (Å²) in [6.45, 7) is 2.77. The minimum atomic E-state index is 0.0725. The van der Waals surface area contributed by atoms with Crippen LogP contribution in [-0.2, 0) is 0 Å². The lowest BCUT2D eigenvalue weighted by Crippen LogP contribution is -2.37. The second-order valence-corrected chi connectivity index (χ2v) is 4.53. The zero-order valence-electron chi connectivity index (χ0n) is 9.18. The molecule has 1 rings (SSSR count). The van der Waals surface area contributed by atoms with E-state index in [1.807, 2.05) is 14.0 Å². The predicted molar refractivity (Wildman–Crippen MR) is 63.6 cm³/mol. The summed E-state index contributed by atoms with van der Waals surface area (Å²) in [6.07, 6.45) is 0.545. The van der Waals surface area contributed by atoms with Gasteiger partial charge in [0, 0.05) is 19.0 Å². The lowest BCUT2D eigenvalue weighted by molar-refractivity contribution is 0.224. The number of hydrogen-bond donors (Lipinski definition) is 1. The Bertz CT molecular complexity index is 313. The average molecular weight is 223 g/mol. The van der Waals surface area contributed by atoms with E-state index < -0.39 is 0 Å². The van der Waals surface area contributed by atoms with Crippen LogP contribution in [0.15, 0.2) is 16.8 Å². The molecule has 2 atom stereocenters. The Labute approximate surface area is 95.1 Å². The fraction of sp³-hybridized carbons (Fsp3) is 0.545. The van der Waals surface area contributed by atoms with Gasteiger partial charge in [0.25, 0.3) is 0 Å². The van der Waals surface area contributed by atoms with Gasteiger partial charge in [-0.1, -0.05) is 0 Å². The lowest BCUT2D eigenvalue weighted by Gasteiger charge is -2.30. The van der Waals surface area contributed by atoms with Crippen molar-refractivity contribution in [1.82, 2.24) is 4.90 Å². The Morgan fingerprint density at radius 2 is 2.40 bits per heavy atom. The summed E-state index contributed by atoms with van der Waals surface area (Å²) in [5.74, 6) is 0. The van der Waals surface area contributed by atoms with E-state index in [1.165, 1.54) is 5.56 Å². The van der Waals surface area contributed by atoms with E-state index in [2.05, 4.69) is 27.8 Å². The summed E-state index contributed by atoms with van der Waals surface area (Å²) in [4.78, 5) is 2.15. The number of nitrogens with two attached hydrogens (primary N) is 1. The molecule has 0 radical (unpaired) electrons. The molecule has 0 bridgehead atoms. The molecule has 0 fully saturated rings. The second-order valence-electron chi connectivity index (χ2n) is 3.75. The molecular weight excluding hydrogens is 206 g/mol. The minimum Gasteiger partial charge on any atom is -0.326 e. The second kappa shape index (κ2) is 5.86. The smallest absolute Gasteiger partial charge is 0.0635 e. The van der Waals surface area contributed by atoms with Crippen molar-refractivity contribution in [1.29, 1.82) is 5.26 Å². The molecule has 0 amide bonds. The third-order valence-electron chi connectivity index (χ3n) is 2.43. The van der Waals surface area contributed by atoms with E-state index in [-0.39, 0.29) is 12.1 Å². The molecule has 2 N–H and O–H groups in total. The molecule has 0 saturated carbocycles. The fourth-order valence-electron chi connectivity index (χ4n) is 1.77. The van der Waals surface area contributed by atoms with Gasteiger partial charge in [0.2, 0.25) is 0 Å². The highest BCUT2D eigenvalue weighted by molar-refractivity contribution is 7.07. The first kappa shape index (κ1) is 12.2. The van der Waals surface area contributed by atoms with Crippen LogP contribution in [0.5, 0.6) is 0 Å². The molecule has 1 aromatic rings. The van der Waals surface area contributed by atoms with Crippen LogP contribution in [0.2, 0.25) is 0 Å². The molecular formula is C11H17N3S. The van der Waals surface area contributed by atoms with Gasteiger partial charge in [-0.2, -0.15) is 16.6 Å². The number of thiophene rings is 1. The van der Waals surface area contributed by atoms with Crippen LogP contribution in [0.1, 0.15) is 24.9 Å². The van der Waals surface area contributed by atoms with Gasteiger partial charge in [-0.05, 0) is 36.4 Å². The number of hydrogen-bond acceptors (Lipinski definition) is 4. The maximum Gasteiger partial charge on any atom is 0.0635 e. The normalized spacial score (nSPS) is 14.9. The predicted octanol–water partition coefficient (Wildman–Crippen LogP) is 1.98. The van der Waals surface area contributed by atoms with E-state index >= 15 is 0 Å². The number of nitrogens with zero attached hydrogens (tertiary/aromatic N) is 2. The van der Waals surface area contributed by atoms with Gasteiger partial charge < -0.3 is 5.73 Å². The molecule has 0 aliphatic carbocycles. The summed E-state index contributed by atoms with van der Waals surface area (Å²) in [6, 6.07) is 4.54. The van der Waals surface area contributed by atoms with Crippen LogP contribution >= 0.6 is 11.3 Å². The molecule has 82 valence electrons.